The molecule has 1 heterocycles. The molecule has 0 saturated heterocycles. The monoisotopic (exact) mass is 296 g/mol. The fourth-order valence-corrected chi connectivity index (χ4v) is 2.68. The minimum atomic E-state index is -0.131. The van der Waals surface area contributed by atoms with E-state index in [0.717, 1.165) is 17.8 Å². The van der Waals surface area contributed by atoms with Crippen LogP contribution in [0.4, 0.5) is 0 Å². The average Bonchev–Trinajstić information content (AvgIpc) is 2.36. The van der Waals surface area contributed by atoms with E-state index in [1.165, 1.54) is 19.3 Å². The quantitative estimate of drug-likeness (QED) is 0.742. The first-order valence-corrected chi connectivity index (χ1v) is 7.88. The van der Waals surface area contributed by atoms with Gasteiger partial charge in [0.25, 0.3) is 0 Å². The number of nitrogens with zero attached hydrogens (tertiary/aromatic N) is 2. The molecule has 0 bridgehead atoms. The molecule has 1 fully saturated rings. The number of rotatable bonds is 2. The van der Waals surface area contributed by atoms with Gasteiger partial charge < -0.3 is 4.74 Å². The zero-order valence-electron chi connectivity index (χ0n) is 13.2. The highest BCUT2D eigenvalue weighted by molar-refractivity contribution is 6.30. The van der Waals surface area contributed by atoms with Crippen molar-refractivity contribution in [2.75, 3.05) is 0 Å². The van der Waals surface area contributed by atoms with Crippen LogP contribution in [0.2, 0.25) is 5.15 Å². The number of hydrogen-bond donors (Lipinski definition) is 0. The van der Waals surface area contributed by atoms with E-state index in [4.69, 9.17) is 16.3 Å². The Kier molecular flexibility index (Phi) is 4.58. The number of ether oxygens (including phenoxy) is 1. The maximum Gasteiger partial charge on any atom is 0.221 e. The predicted octanol–water partition coefficient (Wildman–Crippen LogP) is 4.69. The standard InChI is InChI=1S/C16H25ClN2O/c1-10-8-6-7-9-12(10)20-14-11(2)13(17)18-15(19-14)16(3,4)5/h10,12H,6-9H2,1-5H3. The minimum Gasteiger partial charge on any atom is -0.474 e. The topological polar surface area (TPSA) is 35.0 Å². The number of hydrogen-bond acceptors (Lipinski definition) is 3. The summed E-state index contributed by atoms with van der Waals surface area (Å²) in [6.45, 7) is 10.4. The molecule has 0 aliphatic heterocycles. The first kappa shape index (κ1) is 15.6. The van der Waals surface area contributed by atoms with Gasteiger partial charge in [-0.2, -0.15) is 4.98 Å². The van der Waals surface area contributed by atoms with Crippen LogP contribution in [0.3, 0.4) is 0 Å². The lowest BCUT2D eigenvalue weighted by molar-refractivity contribution is 0.0960. The SMILES string of the molecule is Cc1c(Cl)nc(C(C)(C)C)nc1OC1CCCCC1C. The molecule has 0 radical (unpaired) electrons. The zero-order chi connectivity index (χ0) is 14.9. The van der Waals surface area contributed by atoms with E-state index >= 15 is 0 Å². The molecular formula is C16H25ClN2O. The molecule has 1 aliphatic rings. The van der Waals surface area contributed by atoms with E-state index in [-0.39, 0.29) is 11.5 Å². The second-order valence-electron chi connectivity index (χ2n) is 6.94. The van der Waals surface area contributed by atoms with E-state index in [2.05, 4.69) is 37.7 Å². The van der Waals surface area contributed by atoms with Crippen LogP contribution in [-0.4, -0.2) is 16.1 Å². The number of aromatic nitrogens is 2. The highest BCUT2D eigenvalue weighted by Crippen LogP contribution is 2.32. The van der Waals surface area contributed by atoms with Gasteiger partial charge in [-0.3, -0.25) is 0 Å². The maximum absolute atomic E-state index is 6.25. The van der Waals surface area contributed by atoms with E-state index in [0.29, 0.717) is 17.0 Å². The summed E-state index contributed by atoms with van der Waals surface area (Å²) in [6, 6.07) is 0. The molecule has 4 heteroatoms. The fourth-order valence-electron chi connectivity index (χ4n) is 2.52. The lowest BCUT2D eigenvalue weighted by atomic mass is 9.88. The van der Waals surface area contributed by atoms with Gasteiger partial charge in [0, 0.05) is 11.0 Å². The summed E-state index contributed by atoms with van der Waals surface area (Å²) in [6.07, 6.45) is 5.12. The molecule has 0 spiro atoms. The van der Waals surface area contributed by atoms with Gasteiger partial charge in [-0.25, -0.2) is 4.98 Å². The Hall–Kier alpha value is -0.830. The Bertz CT molecular complexity index is 482. The van der Waals surface area contributed by atoms with Crippen LogP contribution in [0.25, 0.3) is 0 Å². The van der Waals surface area contributed by atoms with Gasteiger partial charge in [0.1, 0.15) is 17.1 Å². The second kappa shape index (κ2) is 5.88. The highest BCUT2D eigenvalue weighted by atomic mass is 35.5. The van der Waals surface area contributed by atoms with Crippen LogP contribution < -0.4 is 4.74 Å². The molecule has 1 aliphatic carbocycles. The molecule has 1 saturated carbocycles. The Morgan fingerprint density at radius 1 is 1.15 bits per heavy atom. The summed E-state index contributed by atoms with van der Waals surface area (Å²) in [5, 5.41) is 0.503. The first-order chi connectivity index (χ1) is 9.29. The van der Waals surface area contributed by atoms with Gasteiger partial charge in [0.2, 0.25) is 5.88 Å². The van der Waals surface area contributed by atoms with E-state index in [1.54, 1.807) is 0 Å². The highest BCUT2D eigenvalue weighted by Gasteiger charge is 2.26. The molecule has 0 amide bonds. The van der Waals surface area contributed by atoms with Crippen molar-refractivity contribution in [1.82, 2.24) is 9.97 Å². The summed E-state index contributed by atoms with van der Waals surface area (Å²) in [4.78, 5) is 9.01. The third kappa shape index (κ3) is 3.43. The lowest BCUT2D eigenvalue weighted by Crippen LogP contribution is -2.29. The summed E-state index contributed by atoms with van der Waals surface area (Å²) in [5.41, 5.74) is 0.714. The summed E-state index contributed by atoms with van der Waals surface area (Å²) < 4.78 is 6.18. The molecule has 2 atom stereocenters. The van der Waals surface area contributed by atoms with Crippen LogP contribution in [0, 0.1) is 12.8 Å². The minimum absolute atomic E-state index is 0.131. The van der Waals surface area contributed by atoms with Gasteiger partial charge in [-0.1, -0.05) is 45.7 Å². The van der Waals surface area contributed by atoms with Crippen molar-refractivity contribution < 1.29 is 4.74 Å². The Morgan fingerprint density at radius 2 is 1.80 bits per heavy atom. The Morgan fingerprint density at radius 3 is 2.40 bits per heavy atom. The predicted molar refractivity (Wildman–Crippen MR) is 82.5 cm³/mol. The van der Waals surface area contributed by atoms with Gasteiger partial charge in [-0.05, 0) is 32.1 Å². The maximum atomic E-state index is 6.25. The molecule has 2 unspecified atom stereocenters. The van der Waals surface area contributed by atoms with Crippen molar-refractivity contribution in [3.63, 3.8) is 0 Å². The molecular weight excluding hydrogens is 272 g/mol. The van der Waals surface area contributed by atoms with Gasteiger partial charge in [0.05, 0.1) is 0 Å². The van der Waals surface area contributed by atoms with Crippen LogP contribution in [0.1, 0.15) is 64.8 Å². The van der Waals surface area contributed by atoms with Crippen molar-refractivity contribution in [3.05, 3.63) is 16.5 Å². The lowest BCUT2D eigenvalue weighted by Gasteiger charge is -2.30. The summed E-state index contributed by atoms with van der Waals surface area (Å²) in [7, 11) is 0. The normalized spacial score (nSPS) is 23.7. The molecule has 0 aromatic carbocycles. The van der Waals surface area contributed by atoms with Crippen LogP contribution in [-0.2, 0) is 5.41 Å². The van der Waals surface area contributed by atoms with Crippen molar-refractivity contribution in [3.8, 4) is 5.88 Å². The third-order valence-corrected chi connectivity index (χ3v) is 4.38. The molecule has 0 N–H and O–H groups in total. The number of halogens is 1. The van der Waals surface area contributed by atoms with E-state index in [9.17, 15) is 0 Å². The zero-order valence-corrected chi connectivity index (χ0v) is 13.9. The van der Waals surface area contributed by atoms with Crippen molar-refractivity contribution in [1.29, 1.82) is 0 Å². The molecule has 112 valence electrons. The Balaban J connectivity index is 2.28. The fraction of sp³-hybridized carbons (Fsp3) is 0.750. The van der Waals surface area contributed by atoms with Crippen molar-refractivity contribution >= 4 is 11.6 Å². The van der Waals surface area contributed by atoms with Crippen LogP contribution in [0.5, 0.6) is 5.88 Å². The van der Waals surface area contributed by atoms with Gasteiger partial charge in [-0.15, -0.1) is 0 Å². The summed E-state index contributed by atoms with van der Waals surface area (Å²) in [5.74, 6) is 1.98. The molecule has 20 heavy (non-hydrogen) atoms. The molecule has 2 rings (SSSR count). The third-order valence-electron chi connectivity index (χ3n) is 4.01. The van der Waals surface area contributed by atoms with E-state index in [1.807, 2.05) is 6.92 Å². The molecule has 1 aromatic heterocycles. The summed E-state index contributed by atoms with van der Waals surface area (Å²) >= 11 is 6.25. The average molecular weight is 297 g/mol. The molecule has 3 nitrogen and oxygen atoms in total. The largest absolute Gasteiger partial charge is 0.474 e. The van der Waals surface area contributed by atoms with Gasteiger partial charge >= 0.3 is 0 Å². The second-order valence-corrected chi connectivity index (χ2v) is 7.29. The van der Waals surface area contributed by atoms with E-state index < -0.39 is 0 Å². The van der Waals surface area contributed by atoms with Crippen molar-refractivity contribution in [2.24, 2.45) is 5.92 Å². The smallest absolute Gasteiger partial charge is 0.221 e. The van der Waals surface area contributed by atoms with Crippen LogP contribution >= 0.6 is 11.6 Å². The van der Waals surface area contributed by atoms with Crippen LogP contribution in [0.15, 0.2) is 0 Å². The first-order valence-electron chi connectivity index (χ1n) is 7.50. The Labute approximate surface area is 127 Å². The van der Waals surface area contributed by atoms with Crippen molar-refractivity contribution in [2.45, 2.75) is 71.8 Å². The molecule has 1 aromatic rings. The van der Waals surface area contributed by atoms with Gasteiger partial charge in [0.15, 0.2) is 0 Å².